The average molecular weight is 585 g/mol. The minimum atomic E-state index is -0.794. The van der Waals surface area contributed by atoms with Gasteiger partial charge in [0.05, 0.1) is 40.8 Å². The number of aromatic nitrogens is 3. The third-order valence-electron chi connectivity index (χ3n) is 6.37. The van der Waals surface area contributed by atoms with Gasteiger partial charge in [0.1, 0.15) is 17.2 Å². The number of carbonyl (C=O) groups excluding carboxylic acids is 2. The number of pyridine rings is 3. The van der Waals surface area contributed by atoms with Gasteiger partial charge in [-0.2, -0.15) is 0 Å². The normalized spacial score (nSPS) is 20.4. The van der Waals surface area contributed by atoms with Gasteiger partial charge in [-0.3, -0.25) is 14.6 Å². The number of fused-ring (bicyclic) bond motifs is 2. The van der Waals surface area contributed by atoms with Crippen LogP contribution in [0.15, 0.2) is 35.4 Å². The Morgan fingerprint density at radius 1 is 1.26 bits per heavy atom. The van der Waals surface area contributed by atoms with Gasteiger partial charge in [0, 0.05) is 30.8 Å². The Kier molecular flexibility index (Phi) is 10.1. The van der Waals surface area contributed by atoms with Gasteiger partial charge in [-0.05, 0) is 37.5 Å². The van der Waals surface area contributed by atoms with Crippen LogP contribution in [-0.4, -0.2) is 56.9 Å². The van der Waals surface area contributed by atoms with Gasteiger partial charge in [0.15, 0.2) is 0 Å². The maximum atomic E-state index is 14.5. The van der Waals surface area contributed by atoms with Crippen molar-refractivity contribution in [3.05, 3.63) is 42.0 Å². The molecule has 1 saturated carbocycles. The molecular weight excluding hydrogens is 558 g/mol. The number of nitrogens with zero attached hydrogens (tertiary/aromatic N) is 3. The number of carbonyl (C=O) groups is 2. The molecule has 0 unspecified atom stereocenters. The molecule has 3 aromatic heterocycles. The first-order valence-corrected chi connectivity index (χ1v) is 12.5. The van der Waals surface area contributed by atoms with Crippen LogP contribution >= 0.6 is 36.6 Å². The largest absolute Gasteiger partial charge is 0.481 e. The Morgan fingerprint density at radius 3 is 2.84 bits per heavy atom. The first-order chi connectivity index (χ1) is 17.4. The fraction of sp³-hybridized carbons (Fsp3) is 0.375. The fourth-order valence-corrected chi connectivity index (χ4v) is 5.23. The fourth-order valence-electron chi connectivity index (χ4n) is 4.45. The van der Waals surface area contributed by atoms with Crippen molar-refractivity contribution in [3.8, 4) is 5.88 Å². The van der Waals surface area contributed by atoms with Gasteiger partial charge in [-0.1, -0.05) is 0 Å². The van der Waals surface area contributed by atoms with Crippen LogP contribution < -0.4 is 20.7 Å². The maximum absolute atomic E-state index is 14.5. The maximum Gasteiger partial charge on any atom is 0.235 e. The molecule has 204 valence electrons. The van der Waals surface area contributed by atoms with Crippen LogP contribution in [0.1, 0.15) is 25.0 Å². The smallest absolute Gasteiger partial charge is 0.235 e. The summed E-state index contributed by atoms with van der Waals surface area (Å²) in [7, 11) is 1.52. The van der Waals surface area contributed by atoms with Crippen LogP contribution in [0.25, 0.3) is 11.0 Å². The number of methoxy groups -OCH3 is 1. The molecule has 3 aromatic rings. The molecule has 4 N–H and O–H groups in total. The quantitative estimate of drug-likeness (QED) is 0.343. The monoisotopic (exact) mass is 584 g/mol. The highest BCUT2D eigenvalue weighted by Gasteiger charge is 2.33. The number of halogens is 3. The predicted molar refractivity (Wildman–Crippen MR) is 147 cm³/mol. The number of anilines is 2. The summed E-state index contributed by atoms with van der Waals surface area (Å²) in [6.45, 7) is 0.0920. The molecule has 38 heavy (non-hydrogen) atoms. The Hall–Kier alpha value is -2.77. The van der Waals surface area contributed by atoms with E-state index in [0.717, 1.165) is 0 Å². The third-order valence-corrected chi connectivity index (χ3v) is 7.40. The van der Waals surface area contributed by atoms with E-state index in [2.05, 4.69) is 30.9 Å². The van der Waals surface area contributed by atoms with Crippen LogP contribution in [0, 0.1) is 11.7 Å². The number of rotatable bonds is 6. The zero-order valence-electron chi connectivity index (χ0n) is 20.3. The molecule has 1 aliphatic heterocycles. The zero-order chi connectivity index (χ0) is 25.2. The minimum Gasteiger partial charge on any atom is -0.481 e. The summed E-state index contributed by atoms with van der Waals surface area (Å²) in [6.07, 6.45) is 2.14. The van der Waals surface area contributed by atoms with Crippen molar-refractivity contribution in [1.29, 1.82) is 0 Å². The zero-order valence-corrected chi connectivity index (χ0v) is 22.7. The Balaban J connectivity index is 0.00000200. The number of amides is 2. The molecule has 1 aliphatic carbocycles. The molecule has 1 fully saturated rings. The molecule has 2 aliphatic rings. The van der Waals surface area contributed by atoms with Crippen LogP contribution in [-0.2, 0) is 16.1 Å². The van der Waals surface area contributed by atoms with E-state index in [1.54, 1.807) is 24.4 Å². The first kappa shape index (κ1) is 29.8. The molecular formula is C24H27Cl2FN6O4S. The summed E-state index contributed by atoms with van der Waals surface area (Å²) >= 11 is 1.25. The predicted octanol–water partition coefficient (Wildman–Crippen LogP) is 3.32. The van der Waals surface area contributed by atoms with E-state index < -0.39 is 17.8 Å². The molecule has 0 aromatic carbocycles. The van der Waals surface area contributed by atoms with Crippen molar-refractivity contribution in [2.45, 2.75) is 42.8 Å². The number of hydrogen-bond acceptors (Lipinski definition) is 9. The SMILES string of the molecule is COc1ccc2nccc(NC(=O)[C@H]3CC[C@H](NCc4nc5c(cc4F)SCC(=O)N5)[C@@H](O)C3)c2n1.Cl.Cl. The molecule has 14 heteroatoms. The van der Waals surface area contributed by atoms with Gasteiger partial charge in [-0.15, -0.1) is 36.6 Å². The number of aliphatic hydroxyl groups excluding tert-OH is 1. The summed E-state index contributed by atoms with van der Waals surface area (Å²) in [5.41, 5.74) is 1.84. The Bertz CT molecular complexity index is 1340. The second kappa shape index (κ2) is 12.9. The summed E-state index contributed by atoms with van der Waals surface area (Å²) in [4.78, 5) is 38.1. The second-order valence-electron chi connectivity index (χ2n) is 8.73. The molecule has 0 bridgehead atoms. The third kappa shape index (κ3) is 6.44. The topological polar surface area (TPSA) is 138 Å². The van der Waals surface area contributed by atoms with Crippen molar-refractivity contribution in [2.24, 2.45) is 5.92 Å². The summed E-state index contributed by atoms with van der Waals surface area (Å²) < 4.78 is 19.7. The highest BCUT2D eigenvalue weighted by molar-refractivity contribution is 8.00. The van der Waals surface area contributed by atoms with Crippen molar-refractivity contribution in [2.75, 3.05) is 23.5 Å². The van der Waals surface area contributed by atoms with Gasteiger partial charge in [0.25, 0.3) is 0 Å². The number of hydrogen-bond donors (Lipinski definition) is 4. The molecule has 2 amide bonds. The van der Waals surface area contributed by atoms with E-state index in [-0.39, 0.29) is 67.1 Å². The van der Waals surface area contributed by atoms with Crippen molar-refractivity contribution in [3.63, 3.8) is 0 Å². The number of aliphatic hydroxyl groups is 1. The lowest BCUT2D eigenvalue weighted by Gasteiger charge is -2.33. The van der Waals surface area contributed by atoms with Gasteiger partial charge in [-0.25, -0.2) is 14.4 Å². The minimum absolute atomic E-state index is 0. The van der Waals surface area contributed by atoms with Crippen molar-refractivity contribution in [1.82, 2.24) is 20.3 Å². The van der Waals surface area contributed by atoms with Gasteiger partial charge >= 0.3 is 0 Å². The van der Waals surface area contributed by atoms with Crippen molar-refractivity contribution >= 4 is 70.9 Å². The molecule has 0 spiro atoms. The van der Waals surface area contributed by atoms with E-state index in [1.165, 1.54) is 24.9 Å². The van der Waals surface area contributed by atoms with Crippen LogP contribution in [0.2, 0.25) is 0 Å². The molecule has 0 saturated heterocycles. The van der Waals surface area contributed by atoms with Crippen LogP contribution in [0.3, 0.4) is 0 Å². The molecule has 3 atom stereocenters. The lowest BCUT2D eigenvalue weighted by molar-refractivity contribution is -0.122. The van der Waals surface area contributed by atoms with E-state index in [4.69, 9.17) is 4.74 Å². The summed E-state index contributed by atoms with van der Waals surface area (Å²) in [5, 5.41) is 19.4. The van der Waals surface area contributed by atoms with Gasteiger partial charge in [0.2, 0.25) is 17.7 Å². The van der Waals surface area contributed by atoms with Crippen molar-refractivity contribution < 1.29 is 23.8 Å². The first-order valence-electron chi connectivity index (χ1n) is 11.6. The molecule has 10 nitrogen and oxygen atoms in total. The Morgan fingerprint density at radius 2 is 2.08 bits per heavy atom. The summed E-state index contributed by atoms with van der Waals surface area (Å²) in [6, 6.07) is 6.20. The molecule has 5 rings (SSSR count). The summed E-state index contributed by atoms with van der Waals surface area (Å²) in [5.74, 6) is -0.242. The highest BCUT2D eigenvalue weighted by Crippen LogP contribution is 2.32. The lowest BCUT2D eigenvalue weighted by Crippen LogP contribution is -2.46. The standard InChI is InChI=1S/C24H25FN6O4S.2ClH/c1-35-21-5-4-15-22(31-21)16(6-7-26-15)29-24(34)12-2-3-14(18(32)8-12)27-10-17-13(25)9-19-23(28-17)30-20(33)11-36-19;;/h4-7,9,12,14,18,27,32H,2-3,8,10-11H2,1H3,(H,26,29,34)(H,28,30,33);2*1H/t12-,14-,18-;;/m0../s1. The van der Waals surface area contributed by atoms with E-state index in [1.807, 2.05) is 0 Å². The highest BCUT2D eigenvalue weighted by atomic mass is 35.5. The van der Waals surface area contributed by atoms with E-state index in [9.17, 15) is 19.1 Å². The Labute approximate surface area is 234 Å². The second-order valence-corrected chi connectivity index (χ2v) is 9.75. The van der Waals surface area contributed by atoms with E-state index >= 15 is 0 Å². The van der Waals surface area contributed by atoms with E-state index in [0.29, 0.717) is 46.2 Å². The lowest BCUT2D eigenvalue weighted by atomic mass is 9.83. The number of ether oxygens (including phenoxy) is 1. The number of nitrogens with one attached hydrogen (secondary N) is 3. The van der Waals surface area contributed by atoms with Gasteiger partial charge < -0.3 is 25.8 Å². The number of thioether (sulfide) groups is 1. The molecule has 0 radical (unpaired) electrons. The average Bonchev–Trinajstić information content (AvgIpc) is 2.88. The van der Waals surface area contributed by atoms with Crippen LogP contribution in [0.4, 0.5) is 15.9 Å². The van der Waals surface area contributed by atoms with Crippen LogP contribution in [0.5, 0.6) is 5.88 Å². The molecule has 4 heterocycles.